The van der Waals surface area contributed by atoms with Gasteiger partial charge in [0.2, 0.25) is 0 Å². The predicted molar refractivity (Wildman–Crippen MR) is 94.5 cm³/mol. The van der Waals surface area contributed by atoms with Crippen LogP contribution in [-0.2, 0) is 11.2 Å². The quantitative estimate of drug-likeness (QED) is 0.789. The lowest BCUT2D eigenvalue weighted by molar-refractivity contribution is -0.138. The van der Waals surface area contributed by atoms with Gasteiger partial charge in [0, 0.05) is 6.54 Å². The first-order valence-corrected chi connectivity index (χ1v) is 8.82. The Labute approximate surface area is 149 Å². The standard InChI is InChI=1S/C18H21FN2O3S/c1-10(2)8-15-16(25-11(3)21-15)17(22)20-9-14(18(23)24)12-4-6-13(19)7-5-12/h4-7,10,14H,8-9H2,1-3H3,(H,20,22)(H,23,24). The van der Waals surface area contributed by atoms with Crippen LogP contribution >= 0.6 is 11.3 Å². The molecule has 1 amide bonds. The Bertz CT molecular complexity index is 756. The number of aliphatic carboxylic acids is 1. The molecule has 1 heterocycles. The molecular weight excluding hydrogens is 343 g/mol. The predicted octanol–water partition coefficient (Wildman–Crippen LogP) is 3.39. The Morgan fingerprint density at radius 2 is 1.92 bits per heavy atom. The van der Waals surface area contributed by atoms with E-state index in [1.807, 2.05) is 20.8 Å². The molecular formula is C18H21FN2O3S. The lowest BCUT2D eigenvalue weighted by Crippen LogP contribution is -2.31. The summed E-state index contributed by atoms with van der Waals surface area (Å²) in [5.41, 5.74) is 1.18. The maximum Gasteiger partial charge on any atom is 0.312 e. The summed E-state index contributed by atoms with van der Waals surface area (Å²) in [6, 6.07) is 5.25. The molecule has 0 saturated heterocycles. The summed E-state index contributed by atoms with van der Waals surface area (Å²) in [6.07, 6.45) is 0.688. The second-order valence-corrected chi connectivity index (χ2v) is 7.46. The molecule has 0 bridgehead atoms. The van der Waals surface area contributed by atoms with E-state index in [1.54, 1.807) is 0 Å². The van der Waals surface area contributed by atoms with Gasteiger partial charge in [0.15, 0.2) is 0 Å². The van der Waals surface area contributed by atoms with Crippen molar-refractivity contribution < 1.29 is 19.1 Å². The summed E-state index contributed by atoms with van der Waals surface area (Å²) in [7, 11) is 0. The monoisotopic (exact) mass is 364 g/mol. The number of hydrogen-bond acceptors (Lipinski definition) is 4. The third kappa shape index (κ3) is 5.09. The lowest BCUT2D eigenvalue weighted by Gasteiger charge is -2.14. The van der Waals surface area contributed by atoms with Gasteiger partial charge in [-0.1, -0.05) is 26.0 Å². The van der Waals surface area contributed by atoms with E-state index in [9.17, 15) is 19.1 Å². The van der Waals surface area contributed by atoms with E-state index >= 15 is 0 Å². The van der Waals surface area contributed by atoms with Crippen LogP contribution in [0, 0.1) is 18.7 Å². The van der Waals surface area contributed by atoms with Crippen LogP contribution in [0.5, 0.6) is 0 Å². The molecule has 2 N–H and O–H groups in total. The van der Waals surface area contributed by atoms with E-state index in [2.05, 4.69) is 10.3 Å². The number of carboxylic acid groups (broad SMARTS) is 1. The highest BCUT2D eigenvalue weighted by Gasteiger charge is 2.23. The van der Waals surface area contributed by atoms with E-state index in [4.69, 9.17) is 0 Å². The Morgan fingerprint density at radius 1 is 1.28 bits per heavy atom. The molecule has 0 saturated carbocycles. The number of nitrogens with zero attached hydrogens (tertiary/aromatic N) is 1. The fraction of sp³-hybridized carbons (Fsp3) is 0.389. The second-order valence-electron chi connectivity index (χ2n) is 6.26. The number of carbonyl (C=O) groups is 2. The summed E-state index contributed by atoms with van der Waals surface area (Å²) in [6.45, 7) is 5.86. The van der Waals surface area contributed by atoms with Gasteiger partial charge in [-0.15, -0.1) is 11.3 Å². The molecule has 2 aromatic rings. The van der Waals surface area contributed by atoms with Crippen LogP contribution in [0.4, 0.5) is 4.39 Å². The molecule has 25 heavy (non-hydrogen) atoms. The van der Waals surface area contributed by atoms with Crippen molar-refractivity contribution in [1.82, 2.24) is 10.3 Å². The number of nitrogens with one attached hydrogen (secondary N) is 1. The van der Waals surface area contributed by atoms with Crippen LogP contribution < -0.4 is 5.32 Å². The third-order valence-electron chi connectivity index (χ3n) is 3.65. The Hall–Kier alpha value is -2.28. The SMILES string of the molecule is Cc1nc(CC(C)C)c(C(=O)NCC(C(=O)O)c2ccc(F)cc2)s1. The van der Waals surface area contributed by atoms with Crippen LogP contribution in [0.3, 0.4) is 0 Å². The molecule has 0 aliphatic heterocycles. The minimum atomic E-state index is -1.07. The molecule has 1 aromatic carbocycles. The van der Waals surface area contributed by atoms with Gasteiger partial charge in [-0.25, -0.2) is 9.37 Å². The number of benzene rings is 1. The fourth-order valence-corrected chi connectivity index (χ4v) is 3.35. The summed E-state index contributed by atoms with van der Waals surface area (Å²) in [4.78, 5) is 28.9. The number of hydrogen-bond donors (Lipinski definition) is 2. The van der Waals surface area contributed by atoms with Crippen LogP contribution in [0.2, 0.25) is 0 Å². The minimum absolute atomic E-state index is 0.0716. The molecule has 2 rings (SSSR count). The van der Waals surface area contributed by atoms with Crippen LogP contribution in [0.15, 0.2) is 24.3 Å². The first kappa shape index (κ1) is 19.1. The number of aromatic nitrogens is 1. The molecule has 7 heteroatoms. The van der Waals surface area contributed by atoms with Crippen molar-refractivity contribution in [3.63, 3.8) is 0 Å². The van der Waals surface area contributed by atoms with Crippen LogP contribution in [0.1, 0.15) is 45.7 Å². The van der Waals surface area contributed by atoms with E-state index in [1.165, 1.54) is 35.6 Å². The van der Waals surface area contributed by atoms with Crippen molar-refractivity contribution in [2.24, 2.45) is 5.92 Å². The zero-order valence-electron chi connectivity index (χ0n) is 14.4. The minimum Gasteiger partial charge on any atom is -0.481 e. The first-order chi connectivity index (χ1) is 11.8. The molecule has 1 atom stereocenters. The Morgan fingerprint density at radius 3 is 2.48 bits per heavy atom. The molecule has 0 radical (unpaired) electrons. The molecule has 1 aromatic heterocycles. The van der Waals surface area contributed by atoms with Gasteiger partial charge in [0.05, 0.1) is 16.6 Å². The topological polar surface area (TPSA) is 79.3 Å². The number of halogens is 1. The smallest absolute Gasteiger partial charge is 0.312 e. The zero-order chi connectivity index (χ0) is 18.6. The van der Waals surface area contributed by atoms with Gasteiger partial charge >= 0.3 is 5.97 Å². The molecule has 0 spiro atoms. The van der Waals surface area contributed by atoms with E-state index in [-0.39, 0.29) is 12.5 Å². The molecule has 0 fully saturated rings. The number of thiazole rings is 1. The number of carbonyl (C=O) groups excluding carboxylic acids is 1. The van der Waals surface area contributed by atoms with Gasteiger partial charge in [0.25, 0.3) is 5.91 Å². The lowest BCUT2D eigenvalue weighted by atomic mass is 9.99. The first-order valence-electron chi connectivity index (χ1n) is 8.00. The summed E-state index contributed by atoms with van der Waals surface area (Å²) < 4.78 is 13.0. The molecule has 1 unspecified atom stereocenters. The largest absolute Gasteiger partial charge is 0.481 e. The second kappa shape index (κ2) is 8.20. The van der Waals surface area contributed by atoms with Crippen LogP contribution in [-0.4, -0.2) is 28.5 Å². The van der Waals surface area contributed by atoms with Gasteiger partial charge < -0.3 is 10.4 Å². The maximum atomic E-state index is 13.0. The van der Waals surface area contributed by atoms with E-state index < -0.39 is 17.7 Å². The highest BCUT2D eigenvalue weighted by molar-refractivity contribution is 7.13. The molecule has 134 valence electrons. The average Bonchev–Trinajstić information content (AvgIpc) is 2.88. The number of amides is 1. The molecule has 5 nitrogen and oxygen atoms in total. The number of carboxylic acids is 1. The summed E-state index contributed by atoms with van der Waals surface area (Å²) in [5, 5.41) is 12.9. The number of aryl methyl sites for hydroxylation is 1. The third-order valence-corrected chi connectivity index (χ3v) is 4.66. The summed E-state index contributed by atoms with van der Waals surface area (Å²) >= 11 is 1.30. The van der Waals surface area contributed by atoms with Crippen molar-refractivity contribution >= 4 is 23.2 Å². The van der Waals surface area contributed by atoms with Gasteiger partial charge in [-0.05, 0) is 37.0 Å². The van der Waals surface area contributed by atoms with E-state index in [0.29, 0.717) is 22.8 Å². The molecule has 0 aliphatic rings. The van der Waals surface area contributed by atoms with Gasteiger partial charge in [-0.2, -0.15) is 0 Å². The average molecular weight is 364 g/mol. The fourth-order valence-electron chi connectivity index (χ4n) is 2.49. The van der Waals surface area contributed by atoms with E-state index in [0.717, 1.165) is 10.7 Å². The Kier molecular flexibility index (Phi) is 6.25. The normalized spacial score (nSPS) is 12.2. The highest BCUT2D eigenvalue weighted by atomic mass is 32.1. The van der Waals surface area contributed by atoms with Crippen molar-refractivity contribution in [3.05, 3.63) is 51.2 Å². The van der Waals surface area contributed by atoms with Gasteiger partial charge in [-0.3, -0.25) is 9.59 Å². The Balaban J connectivity index is 2.11. The van der Waals surface area contributed by atoms with Crippen LogP contribution in [0.25, 0.3) is 0 Å². The zero-order valence-corrected chi connectivity index (χ0v) is 15.2. The van der Waals surface area contributed by atoms with Crippen molar-refractivity contribution in [2.45, 2.75) is 33.1 Å². The highest BCUT2D eigenvalue weighted by Crippen LogP contribution is 2.22. The van der Waals surface area contributed by atoms with Gasteiger partial charge in [0.1, 0.15) is 10.7 Å². The number of rotatable bonds is 7. The summed E-state index contributed by atoms with van der Waals surface area (Å²) in [5.74, 6) is -2.41. The van der Waals surface area contributed by atoms with Crippen molar-refractivity contribution in [3.8, 4) is 0 Å². The maximum absolute atomic E-state index is 13.0. The molecule has 0 aliphatic carbocycles. The van der Waals surface area contributed by atoms with Crippen molar-refractivity contribution in [2.75, 3.05) is 6.54 Å². The van der Waals surface area contributed by atoms with Crippen molar-refractivity contribution in [1.29, 1.82) is 0 Å².